The van der Waals surface area contributed by atoms with Crippen molar-refractivity contribution in [1.82, 2.24) is 10.6 Å². The van der Waals surface area contributed by atoms with Crippen LogP contribution in [0.3, 0.4) is 0 Å². The van der Waals surface area contributed by atoms with Gasteiger partial charge in [-0.15, -0.1) is 0 Å². The average Bonchev–Trinajstić information content (AvgIpc) is 2.87. The smallest absolute Gasteiger partial charge is 0.351 e. The molecular formula is C14H17F3N2O. The molecule has 1 atom stereocenters. The van der Waals surface area contributed by atoms with Crippen molar-refractivity contribution in [2.45, 2.75) is 26.1 Å². The van der Waals surface area contributed by atoms with Crippen LogP contribution in [0.25, 0.3) is 0 Å². The summed E-state index contributed by atoms with van der Waals surface area (Å²) in [4.78, 5) is 12.0. The van der Waals surface area contributed by atoms with Gasteiger partial charge in [0.2, 0.25) is 5.91 Å². The highest BCUT2D eigenvalue weighted by atomic mass is 19.4. The molecule has 3 nitrogen and oxygen atoms in total. The highest BCUT2D eigenvalue weighted by molar-refractivity contribution is 5.84. The van der Waals surface area contributed by atoms with Crippen LogP contribution in [0.1, 0.15) is 17.5 Å². The van der Waals surface area contributed by atoms with Gasteiger partial charge in [-0.1, -0.05) is 24.3 Å². The molecule has 0 radical (unpaired) electrons. The Morgan fingerprint density at radius 2 is 2.10 bits per heavy atom. The molecule has 1 heterocycles. The highest BCUT2D eigenvalue weighted by Gasteiger charge is 2.61. The zero-order valence-corrected chi connectivity index (χ0v) is 11.2. The third-order valence-corrected chi connectivity index (χ3v) is 3.83. The highest BCUT2D eigenvalue weighted by Crippen LogP contribution is 2.43. The first kappa shape index (κ1) is 14.8. The number of aryl methyl sites for hydroxylation is 1. The van der Waals surface area contributed by atoms with Gasteiger partial charge in [0.1, 0.15) is 0 Å². The third-order valence-electron chi connectivity index (χ3n) is 3.83. The standard InChI is InChI=1S/C14H17F3N2O/c1-10-4-2-3-5-11(10)8-19-12(20)13(14(15,16)17)6-7-18-9-13/h2-5,18H,6-9H2,1H3,(H,19,20). The fourth-order valence-corrected chi connectivity index (χ4v) is 2.41. The van der Waals surface area contributed by atoms with Crippen molar-refractivity contribution in [3.05, 3.63) is 35.4 Å². The molecule has 1 aliphatic rings. The molecule has 1 unspecified atom stereocenters. The normalized spacial score (nSPS) is 22.8. The molecule has 1 aliphatic heterocycles. The van der Waals surface area contributed by atoms with Crippen molar-refractivity contribution in [1.29, 1.82) is 0 Å². The van der Waals surface area contributed by atoms with E-state index in [1.807, 2.05) is 19.1 Å². The number of amides is 1. The summed E-state index contributed by atoms with van der Waals surface area (Å²) in [6.07, 6.45) is -4.75. The summed E-state index contributed by atoms with van der Waals surface area (Å²) in [5, 5.41) is 5.06. The van der Waals surface area contributed by atoms with Crippen LogP contribution >= 0.6 is 0 Å². The van der Waals surface area contributed by atoms with E-state index >= 15 is 0 Å². The van der Waals surface area contributed by atoms with Crippen molar-refractivity contribution in [3.8, 4) is 0 Å². The second-order valence-corrected chi connectivity index (χ2v) is 5.12. The molecule has 1 amide bonds. The molecule has 0 spiro atoms. The van der Waals surface area contributed by atoms with Crippen molar-refractivity contribution in [2.24, 2.45) is 5.41 Å². The van der Waals surface area contributed by atoms with Crippen LogP contribution in [0.15, 0.2) is 24.3 Å². The molecule has 1 aromatic rings. The van der Waals surface area contributed by atoms with Gasteiger partial charge < -0.3 is 10.6 Å². The summed E-state index contributed by atoms with van der Waals surface area (Å²) < 4.78 is 39.5. The molecule has 1 fully saturated rings. The maximum Gasteiger partial charge on any atom is 0.404 e. The summed E-state index contributed by atoms with van der Waals surface area (Å²) in [5.41, 5.74) is -0.530. The van der Waals surface area contributed by atoms with E-state index in [-0.39, 0.29) is 26.1 Å². The molecule has 1 aromatic carbocycles. The monoisotopic (exact) mass is 286 g/mol. The number of benzene rings is 1. The number of nitrogens with one attached hydrogen (secondary N) is 2. The van der Waals surface area contributed by atoms with Crippen LogP contribution in [-0.2, 0) is 11.3 Å². The van der Waals surface area contributed by atoms with E-state index < -0.39 is 17.5 Å². The number of hydrogen-bond donors (Lipinski definition) is 2. The summed E-state index contributed by atoms with van der Waals surface area (Å²) in [6, 6.07) is 7.30. The van der Waals surface area contributed by atoms with Crippen molar-refractivity contribution in [3.63, 3.8) is 0 Å². The van der Waals surface area contributed by atoms with Gasteiger partial charge in [-0.05, 0) is 31.0 Å². The summed E-state index contributed by atoms with van der Waals surface area (Å²) in [5.74, 6) is -0.946. The van der Waals surface area contributed by atoms with Crippen LogP contribution in [0, 0.1) is 12.3 Å². The summed E-state index contributed by atoms with van der Waals surface area (Å²) >= 11 is 0. The summed E-state index contributed by atoms with van der Waals surface area (Å²) in [6.45, 7) is 1.83. The van der Waals surface area contributed by atoms with E-state index in [9.17, 15) is 18.0 Å². The lowest BCUT2D eigenvalue weighted by atomic mass is 9.85. The van der Waals surface area contributed by atoms with Crippen molar-refractivity contribution >= 4 is 5.91 Å². The fourth-order valence-electron chi connectivity index (χ4n) is 2.41. The molecule has 6 heteroatoms. The van der Waals surface area contributed by atoms with Gasteiger partial charge in [0.05, 0.1) is 0 Å². The molecule has 110 valence electrons. The first-order chi connectivity index (χ1) is 9.37. The first-order valence-corrected chi connectivity index (χ1v) is 6.47. The number of alkyl halides is 3. The minimum atomic E-state index is -4.54. The van der Waals surface area contributed by atoms with Gasteiger partial charge in [0.15, 0.2) is 5.41 Å². The molecule has 0 saturated carbocycles. The molecule has 20 heavy (non-hydrogen) atoms. The topological polar surface area (TPSA) is 41.1 Å². The van der Waals surface area contributed by atoms with Crippen LogP contribution in [0.5, 0.6) is 0 Å². The number of hydrogen-bond acceptors (Lipinski definition) is 2. The Kier molecular flexibility index (Phi) is 4.04. The van der Waals surface area contributed by atoms with E-state index in [0.29, 0.717) is 0 Å². The number of carbonyl (C=O) groups excluding carboxylic acids is 1. The quantitative estimate of drug-likeness (QED) is 0.894. The number of halogens is 3. The molecule has 0 bridgehead atoms. The summed E-state index contributed by atoms with van der Waals surface area (Å²) in [7, 11) is 0. The molecule has 1 saturated heterocycles. The Morgan fingerprint density at radius 1 is 1.40 bits per heavy atom. The van der Waals surface area contributed by atoms with Gasteiger partial charge in [0.25, 0.3) is 0 Å². The van der Waals surface area contributed by atoms with Crippen LogP contribution in [0.4, 0.5) is 13.2 Å². The largest absolute Gasteiger partial charge is 0.404 e. The molecule has 0 aliphatic carbocycles. The van der Waals surface area contributed by atoms with Crippen molar-refractivity contribution < 1.29 is 18.0 Å². The minimum absolute atomic E-state index is 0.114. The van der Waals surface area contributed by atoms with Crippen LogP contribution in [0.2, 0.25) is 0 Å². The SMILES string of the molecule is Cc1ccccc1CNC(=O)C1(C(F)(F)F)CCNC1. The van der Waals surface area contributed by atoms with E-state index in [1.54, 1.807) is 12.1 Å². The van der Waals surface area contributed by atoms with E-state index in [1.165, 1.54) is 0 Å². The Labute approximate surface area is 115 Å². The Hall–Kier alpha value is -1.56. The second kappa shape index (κ2) is 5.44. The van der Waals surface area contributed by atoms with Crippen LogP contribution < -0.4 is 10.6 Å². The van der Waals surface area contributed by atoms with Gasteiger partial charge in [-0.2, -0.15) is 13.2 Å². The second-order valence-electron chi connectivity index (χ2n) is 5.12. The van der Waals surface area contributed by atoms with Gasteiger partial charge >= 0.3 is 6.18 Å². The van der Waals surface area contributed by atoms with E-state index in [2.05, 4.69) is 10.6 Å². The molecule has 0 aromatic heterocycles. The van der Waals surface area contributed by atoms with Gasteiger partial charge in [0, 0.05) is 13.1 Å². The van der Waals surface area contributed by atoms with E-state index in [0.717, 1.165) is 11.1 Å². The van der Waals surface area contributed by atoms with Crippen molar-refractivity contribution in [2.75, 3.05) is 13.1 Å². The zero-order chi connectivity index (χ0) is 14.8. The Morgan fingerprint density at radius 3 is 2.65 bits per heavy atom. The average molecular weight is 286 g/mol. The Balaban J connectivity index is 2.09. The number of carbonyl (C=O) groups is 1. The first-order valence-electron chi connectivity index (χ1n) is 6.47. The fraction of sp³-hybridized carbons (Fsp3) is 0.500. The number of rotatable bonds is 3. The zero-order valence-electron chi connectivity index (χ0n) is 11.2. The van der Waals surface area contributed by atoms with Gasteiger partial charge in [-0.25, -0.2) is 0 Å². The third kappa shape index (κ3) is 2.65. The lowest BCUT2D eigenvalue weighted by Crippen LogP contribution is -2.52. The maximum atomic E-state index is 13.2. The molecule has 2 rings (SSSR count). The predicted octanol–water partition coefficient (Wildman–Crippen LogP) is 2.15. The van der Waals surface area contributed by atoms with Crippen LogP contribution in [-0.4, -0.2) is 25.2 Å². The minimum Gasteiger partial charge on any atom is -0.351 e. The molecule has 2 N–H and O–H groups in total. The van der Waals surface area contributed by atoms with Gasteiger partial charge in [-0.3, -0.25) is 4.79 Å². The van der Waals surface area contributed by atoms with E-state index in [4.69, 9.17) is 0 Å². The predicted molar refractivity (Wildman–Crippen MR) is 69.0 cm³/mol. The lowest BCUT2D eigenvalue weighted by molar-refractivity contribution is -0.216. The molecular weight excluding hydrogens is 269 g/mol. The maximum absolute atomic E-state index is 13.2. The lowest BCUT2D eigenvalue weighted by Gasteiger charge is -2.29. The Bertz CT molecular complexity index is 493.